The van der Waals surface area contributed by atoms with E-state index >= 15 is 0 Å². The van der Waals surface area contributed by atoms with E-state index in [4.69, 9.17) is 10.5 Å². The highest BCUT2D eigenvalue weighted by Gasteiger charge is 2.42. The topological polar surface area (TPSA) is 154 Å². The molecule has 0 radical (unpaired) electrons. The molecular formula is C18H32N4O6. The predicted octanol–water partition coefficient (Wildman–Crippen LogP) is 1.34. The van der Waals surface area contributed by atoms with Crippen LogP contribution in [0.25, 0.3) is 0 Å². The second-order valence-electron chi connectivity index (χ2n) is 7.44. The summed E-state index contributed by atoms with van der Waals surface area (Å²) >= 11 is 0. The van der Waals surface area contributed by atoms with Crippen molar-refractivity contribution >= 4 is 17.9 Å². The van der Waals surface area contributed by atoms with Crippen molar-refractivity contribution in [3.8, 4) is 0 Å². The Hall–Kier alpha value is -2.39. The van der Waals surface area contributed by atoms with Gasteiger partial charge in [0.15, 0.2) is 0 Å². The van der Waals surface area contributed by atoms with E-state index in [1.54, 1.807) is 6.92 Å². The third-order valence-corrected chi connectivity index (χ3v) is 5.19. The molecule has 3 amide bonds. The van der Waals surface area contributed by atoms with Gasteiger partial charge in [0.25, 0.3) is 0 Å². The Balaban J connectivity index is 2.35. The van der Waals surface area contributed by atoms with Gasteiger partial charge in [-0.05, 0) is 38.5 Å². The van der Waals surface area contributed by atoms with E-state index in [0.29, 0.717) is 38.8 Å². The largest absolute Gasteiger partial charge is 0.446 e. The number of primary amides is 1. The van der Waals surface area contributed by atoms with Crippen molar-refractivity contribution in [3.05, 3.63) is 10.1 Å². The lowest BCUT2D eigenvalue weighted by molar-refractivity contribution is -0.538. The molecule has 4 N–H and O–H groups in total. The molecule has 4 unspecified atom stereocenters. The number of unbranched alkanes of at least 4 members (excludes halogenated alkanes) is 2. The Kier molecular flexibility index (Phi) is 10.3. The zero-order valence-electron chi connectivity index (χ0n) is 16.6. The van der Waals surface area contributed by atoms with Crippen LogP contribution in [0.5, 0.6) is 0 Å². The number of ether oxygens (including phenoxy) is 1. The number of nitro groups is 1. The SMILES string of the molecule is CC(=O)NCCCCCC(=O)NCC1CCC([N+](=O)[O-])C(C(C)OC(N)=O)C1. The Morgan fingerprint density at radius 1 is 1.21 bits per heavy atom. The van der Waals surface area contributed by atoms with Gasteiger partial charge in [-0.3, -0.25) is 19.7 Å². The number of nitrogens with one attached hydrogen (secondary N) is 2. The van der Waals surface area contributed by atoms with E-state index in [1.807, 2.05) is 0 Å². The van der Waals surface area contributed by atoms with Crippen LogP contribution in [0, 0.1) is 22.0 Å². The average molecular weight is 400 g/mol. The Labute approximate surface area is 165 Å². The fourth-order valence-corrected chi connectivity index (χ4v) is 3.70. The molecule has 4 atom stereocenters. The van der Waals surface area contributed by atoms with E-state index in [0.717, 1.165) is 19.3 Å². The van der Waals surface area contributed by atoms with Gasteiger partial charge in [-0.25, -0.2) is 4.79 Å². The van der Waals surface area contributed by atoms with Crippen LogP contribution in [-0.4, -0.2) is 48.1 Å². The molecule has 0 bridgehead atoms. The summed E-state index contributed by atoms with van der Waals surface area (Å²) in [5, 5.41) is 16.9. The van der Waals surface area contributed by atoms with Crippen LogP contribution in [0.15, 0.2) is 0 Å². The predicted molar refractivity (Wildman–Crippen MR) is 102 cm³/mol. The van der Waals surface area contributed by atoms with Crippen LogP contribution in [-0.2, 0) is 14.3 Å². The van der Waals surface area contributed by atoms with Crippen molar-refractivity contribution in [3.63, 3.8) is 0 Å². The molecule has 0 aliphatic heterocycles. The van der Waals surface area contributed by atoms with Crippen LogP contribution < -0.4 is 16.4 Å². The minimum atomic E-state index is -0.941. The Bertz CT molecular complexity index is 556. The molecule has 0 heterocycles. The van der Waals surface area contributed by atoms with Crippen LogP contribution in [0.3, 0.4) is 0 Å². The number of nitrogens with two attached hydrogens (primary N) is 1. The quantitative estimate of drug-likeness (QED) is 0.270. The smallest absolute Gasteiger partial charge is 0.404 e. The number of hydrogen-bond acceptors (Lipinski definition) is 6. The van der Waals surface area contributed by atoms with Gasteiger partial charge in [0.2, 0.25) is 17.9 Å². The highest BCUT2D eigenvalue weighted by molar-refractivity contribution is 5.75. The molecule has 0 spiro atoms. The minimum absolute atomic E-state index is 0.0473. The van der Waals surface area contributed by atoms with Crippen molar-refractivity contribution in [2.24, 2.45) is 17.6 Å². The van der Waals surface area contributed by atoms with E-state index in [2.05, 4.69) is 10.6 Å². The molecule has 10 heteroatoms. The van der Waals surface area contributed by atoms with Crippen LogP contribution in [0.4, 0.5) is 4.79 Å². The third kappa shape index (κ3) is 9.01. The van der Waals surface area contributed by atoms with Gasteiger partial charge in [0, 0.05) is 37.8 Å². The first kappa shape index (κ1) is 23.6. The van der Waals surface area contributed by atoms with Crippen LogP contribution >= 0.6 is 0 Å². The van der Waals surface area contributed by atoms with Crippen molar-refractivity contribution in [2.45, 2.75) is 70.9 Å². The molecular weight excluding hydrogens is 368 g/mol. The maximum absolute atomic E-state index is 12.0. The van der Waals surface area contributed by atoms with Crippen molar-refractivity contribution < 1.29 is 24.0 Å². The normalized spacial score (nSPS) is 22.7. The van der Waals surface area contributed by atoms with Crippen molar-refractivity contribution in [1.29, 1.82) is 0 Å². The minimum Gasteiger partial charge on any atom is -0.446 e. The molecule has 0 aromatic rings. The van der Waals surface area contributed by atoms with Crippen LogP contribution in [0.1, 0.15) is 58.8 Å². The first-order chi connectivity index (χ1) is 13.2. The highest BCUT2D eigenvalue weighted by Crippen LogP contribution is 2.34. The zero-order chi connectivity index (χ0) is 21.1. The van der Waals surface area contributed by atoms with E-state index in [9.17, 15) is 24.5 Å². The lowest BCUT2D eigenvalue weighted by atomic mass is 9.75. The molecule has 0 aromatic carbocycles. The monoisotopic (exact) mass is 400 g/mol. The number of rotatable bonds is 11. The summed E-state index contributed by atoms with van der Waals surface area (Å²) in [5.41, 5.74) is 5.04. The highest BCUT2D eigenvalue weighted by atomic mass is 16.6. The fourth-order valence-electron chi connectivity index (χ4n) is 3.70. The molecule has 1 rings (SSSR count). The third-order valence-electron chi connectivity index (χ3n) is 5.19. The summed E-state index contributed by atoms with van der Waals surface area (Å²) in [6.07, 6.45) is 2.77. The summed E-state index contributed by atoms with van der Waals surface area (Å²) in [7, 11) is 0. The maximum Gasteiger partial charge on any atom is 0.404 e. The first-order valence-corrected chi connectivity index (χ1v) is 9.81. The number of carbonyl (C=O) groups is 3. The summed E-state index contributed by atoms with van der Waals surface area (Å²) in [4.78, 5) is 44.7. The fraction of sp³-hybridized carbons (Fsp3) is 0.833. The van der Waals surface area contributed by atoms with Gasteiger partial charge in [0.1, 0.15) is 6.10 Å². The zero-order valence-corrected chi connectivity index (χ0v) is 16.6. The average Bonchev–Trinajstić information content (AvgIpc) is 2.61. The van der Waals surface area contributed by atoms with E-state index < -0.39 is 24.2 Å². The van der Waals surface area contributed by atoms with Crippen molar-refractivity contribution in [1.82, 2.24) is 10.6 Å². The van der Waals surface area contributed by atoms with Gasteiger partial charge < -0.3 is 21.1 Å². The standard InChI is InChI=1S/C18H32N4O6/c1-12(28-18(19)25)15-10-14(7-8-16(15)22(26)27)11-21-17(24)6-4-3-5-9-20-13(2)23/h12,14-16H,3-11H2,1-2H3,(H2,19,25)(H,20,23)(H,21,24). The molecule has 0 saturated heterocycles. The van der Waals surface area contributed by atoms with Gasteiger partial charge in [0.05, 0.1) is 5.92 Å². The first-order valence-electron chi connectivity index (χ1n) is 9.81. The maximum atomic E-state index is 12.0. The lowest BCUT2D eigenvalue weighted by Gasteiger charge is -2.34. The summed E-state index contributed by atoms with van der Waals surface area (Å²) < 4.78 is 4.96. The van der Waals surface area contributed by atoms with E-state index in [-0.39, 0.29) is 22.7 Å². The summed E-state index contributed by atoms with van der Waals surface area (Å²) in [6, 6.07) is -0.773. The van der Waals surface area contributed by atoms with Gasteiger partial charge in [-0.15, -0.1) is 0 Å². The molecule has 28 heavy (non-hydrogen) atoms. The molecule has 1 saturated carbocycles. The van der Waals surface area contributed by atoms with E-state index in [1.165, 1.54) is 6.92 Å². The second-order valence-corrected chi connectivity index (χ2v) is 7.44. The number of carbonyl (C=O) groups excluding carboxylic acids is 3. The molecule has 10 nitrogen and oxygen atoms in total. The lowest BCUT2D eigenvalue weighted by Crippen LogP contribution is -2.45. The molecule has 1 aliphatic carbocycles. The van der Waals surface area contributed by atoms with Crippen molar-refractivity contribution in [2.75, 3.05) is 13.1 Å². The molecule has 1 aliphatic rings. The molecule has 1 fully saturated rings. The summed E-state index contributed by atoms with van der Waals surface area (Å²) in [6.45, 7) is 4.16. The number of hydrogen-bond donors (Lipinski definition) is 3. The second kappa shape index (κ2) is 12.1. The summed E-state index contributed by atoms with van der Waals surface area (Å²) in [5.74, 6) is -0.428. The Morgan fingerprint density at radius 2 is 1.93 bits per heavy atom. The molecule has 0 aromatic heterocycles. The number of amides is 3. The van der Waals surface area contributed by atoms with Crippen LogP contribution in [0.2, 0.25) is 0 Å². The van der Waals surface area contributed by atoms with Gasteiger partial charge in [-0.2, -0.15) is 0 Å². The van der Waals surface area contributed by atoms with Gasteiger partial charge >= 0.3 is 6.09 Å². The van der Waals surface area contributed by atoms with Gasteiger partial charge in [-0.1, -0.05) is 6.42 Å². The Morgan fingerprint density at radius 3 is 2.54 bits per heavy atom. The molecule has 160 valence electrons. The number of nitrogens with zero attached hydrogens (tertiary/aromatic N) is 1.